The predicted octanol–water partition coefficient (Wildman–Crippen LogP) is 1.27. The van der Waals surface area contributed by atoms with Crippen LogP contribution in [-0.4, -0.2) is 23.7 Å². The average Bonchev–Trinajstić information content (AvgIpc) is 2.87. The summed E-state index contributed by atoms with van der Waals surface area (Å²) in [4.78, 5) is 21.9. The number of rotatable bonds is 4. The average molecular weight is 202 g/mol. The second-order valence-corrected chi connectivity index (χ2v) is 3.13. The van der Waals surface area contributed by atoms with E-state index in [1.54, 1.807) is 6.92 Å². The second-order valence-electron chi connectivity index (χ2n) is 3.13. The zero-order chi connectivity index (χ0) is 10.8. The maximum atomic E-state index is 12.4. The number of esters is 1. The first kappa shape index (κ1) is 10.7. The number of aliphatic carboxylic acids is 1. The first-order chi connectivity index (χ1) is 6.58. The minimum atomic E-state index is -1.33. The summed E-state index contributed by atoms with van der Waals surface area (Å²) in [5, 5.41) is 8.81. The highest BCUT2D eigenvalue weighted by Crippen LogP contribution is 2.52. The van der Waals surface area contributed by atoms with Crippen LogP contribution >= 0.6 is 0 Å². The van der Waals surface area contributed by atoms with Crippen LogP contribution in [0.5, 0.6) is 0 Å². The van der Waals surface area contributed by atoms with Crippen LogP contribution in [0, 0.1) is 5.41 Å². The lowest BCUT2D eigenvalue weighted by Gasteiger charge is -2.11. The third-order valence-electron chi connectivity index (χ3n) is 2.28. The number of hydrogen-bond acceptors (Lipinski definition) is 3. The van der Waals surface area contributed by atoms with Crippen LogP contribution in [0.15, 0.2) is 11.9 Å². The van der Waals surface area contributed by atoms with Crippen molar-refractivity contribution in [3.63, 3.8) is 0 Å². The number of hydrogen-bond donors (Lipinski definition) is 1. The zero-order valence-corrected chi connectivity index (χ0v) is 7.75. The molecule has 5 heteroatoms. The molecule has 0 radical (unpaired) electrons. The Morgan fingerprint density at radius 1 is 1.57 bits per heavy atom. The van der Waals surface area contributed by atoms with Gasteiger partial charge in [-0.1, -0.05) is 0 Å². The highest BCUT2D eigenvalue weighted by Gasteiger charge is 2.56. The number of carbonyl (C=O) groups is 2. The predicted molar refractivity (Wildman–Crippen MR) is 45.1 cm³/mol. The van der Waals surface area contributed by atoms with Gasteiger partial charge >= 0.3 is 11.9 Å². The Bertz CT molecular complexity index is 291. The number of halogens is 1. The van der Waals surface area contributed by atoms with Gasteiger partial charge in [-0.15, -0.1) is 0 Å². The van der Waals surface area contributed by atoms with Crippen molar-refractivity contribution < 1.29 is 23.8 Å². The molecule has 1 aliphatic rings. The molecule has 0 atom stereocenters. The van der Waals surface area contributed by atoms with E-state index in [-0.39, 0.29) is 31.4 Å². The molecule has 1 rings (SSSR count). The van der Waals surface area contributed by atoms with Gasteiger partial charge < -0.3 is 9.84 Å². The molecule has 0 aromatic carbocycles. The zero-order valence-electron chi connectivity index (χ0n) is 7.75. The molecule has 1 N–H and O–H groups in total. The first-order valence-electron chi connectivity index (χ1n) is 4.30. The lowest BCUT2D eigenvalue weighted by Crippen LogP contribution is -2.24. The minimum absolute atomic E-state index is 0.0408. The van der Waals surface area contributed by atoms with Crippen molar-refractivity contribution >= 4 is 11.9 Å². The van der Waals surface area contributed by atoms with E-state index in [1.165, 1.54) is 0 Å². The smallest absolute Gasteiger partial charge is 0.337 e. The molecule has 0 aromatic rings. The molecule has 1 saturated carbocycles. The molecule has 78 valence electrons. The van der Waals surface area contributed by atoms with Crippen molar-refractivity contribution in [2.75, 3.05) is 6.61 Å². The number of carboxylic acid groups (broad SMARTS) is 1. The van der Waals surface area contributed by atoms with Gasteiger partial charge in [0.2, 0.25) is 0 Å². The van der Waals surface area contributed by atoms with E-state index < -0.39 is 17.4 Å². The fourth-order valence-corrected chi connectivity index (χ4v) is 1.28. The highest BCUT2D eigenvalue weighted by atomic mass is 19.1. The Morgan fingerprint density at radius 2 is 2.14 bits per heavy atom. The molecule has 4 nitrogen and oxygen atoms in total. The molecular formula is C9H11FO4. The molecule has 0 unspecified atom stereocenters. The van der Waals surface area contributed by atoms with E-state index in [0.717, 1.165) is 0 Å². The van der Waals surface area contributed by atoms with Crippen molar-refractivity contribution in [3.05, 3.63) is 11.9 Å². The molecule has 0 heterocycles. The van der Waals surface area contributed by atoms with Crippen LogP contribution in [0.3, 0.4) is 0 Å². The van der Waals surface area contributed by atoms with Crippen LogP contribution in [-0.2, 0) is 14.3 Å². The van der Waals surface area contributed by atoms with Crippen LogP contribution in [0.4, 0.5) is 4.39 Å². The van der Waals surface area contributed by atoms with Gasteiger partial charge in [-0.2, -0.15) is 0 Å². The summed E-state index contributed by atoms with van der Waals surface area (Å²) < 4.78 is 17.0. The fourth-order valence-electron chi connectivity index (χ4n) is 1.28. The number of carbonyl (C=O) groups excluding carboxylic acids is 1. The van der Waals surface area contributed by atoms with E-state index >= 15 is 0 Å². The lowest BCUT2D eigenvalue weighted by molar-refractivity contribution is -0.147. The normalized spacial score (nSPS) is 18.9. The Balaban J connectivity index is 2.84. The summed E-state index contributed by atoms with van der Waals surface area (Å²) in [6.07, 6.45) is 0.618. The number of ether oxygens (including phenoxy) is 1. The Kier molecular flexibility index (Phi) is 2.88. The second kappa shape index (κ2) is 3.77. The van der Waals surface area contributed by atoms with Gasteiger partial charge in [0.1, 0.15) is 5.41 Å². The largest absolute Gasteiger partial charge is 0.481 e. The molecule has 1 fully saturated rings. The van der Waals surface area contributed by atoms with Crippen molar-refractivity contribution in [3.8, 4) is 0 Å². The molecule has 1 aliphatic carbocycles. The standard InChI is InChI=1S/C9H11FO4/c1-2-14-7(11)6(5-10)9(3-4-9)8(12)13/h5H,2-4H2,1H3,(H,12,13). The van der Waals surface area contributed by atoms with E-state index in [1.807, 2.05) is 0 Å². The Morgan fingerprint density at radius 3 is 2.43 bits per heavy atom. The van der Waals surface area contributed by atoms with Crippen LogP contribution in [0.25, 0.3) is 0 Å². The van der Waals surface area contributed by atoms with Crippen LogP contribution < -0.4 is 0 Å². The number of carboxylic acids is 1. The summed E-state index contributed by atoms with van der Waals surface area (Å²) >= 11 is 0. The molecule has 0 amide bonds. The van der Waals surface area contributed by atoms with Gasteiger partial charge in [0.15, 0.2) is 0 Å². The van der Waals surface area contributed by atoms with E-state index in [4.69, 9.17) is 5.11 Å². The SMILES string of the molecule is CCOC(=O)C(=CF)C1(C(=O)O)CC1. The maximum Gasteiger partial charge on any atom is 0.337 e. The van der Waals surface area contributed by atoms with Crippen molar-refractivity contribution in [2.45, 2.75) is 19.8 Å². The summed E-state index contributed by atoms with van der Waals surface area (Å²) in [6, 6.07) is 0. The van der Waals surface area contributed by atoms with Gasteiger partial charge in [0, 0.05) is 0 Å². The molecule has 0 saturated heterocycles. The third kappa shape index (κ3) is 1.62. The molecule has 0 bridgehead atoms. The van der Waals surface area contributed by atoms with Gasteiger partial charge in [0.05, 0.1) is 18.5 Å². The van der Waals surface area contributed by atoms with Gasteiger partial charge in [0.25, 0.3) is 0 Å². The Labute approximate surface area is 80.4 Å². The van der Waals surface area contributed by atoms with Crippen molar-refractivity contribution in [2.24, 2.45) is 5.41 Å². The summed E-state index contributed by atoms with van der Waals surface area (Å²) in [7, 11) is 0. The van der Waals surface area contributed by atoms with E-state index in [2.05, 4.69) is 4.74 Å². The topological polar surface area (TPSA) is 63.6 Å². The minimum Gasteiger partial charge on any atom is -0.481 e. The third-order valence-corrected chi connectivity index (χ3v) is 2.28. The molecular weight excluding hydrogens is 191 g/mol. The molecule has 0 spiro atoms. The van der Waals surface area contributed by atoms with E-state index in [0.29, 0.717) is 0 Å². The highest BCUT2D eigenvalue weighted by molar-refractivity contribution is 5.99. The summed E-state index contributed by atoms with van der Waals surface area (Å²) in [5.74, 6) is -2.05. The van der Waals surface area contributed by atoms with E-state index in [9.17, 15) is 14.0 Å². The van der Waals surface area contributed by atoms with Crippen LogP contribution in [0.1, 0.15) is 19.8 Å². The van der Waals surface area contributed by atoms with Crippen LogP contribution in [0.2, 0.25) is 0 Å². The maximum absolute atomic E-state index is 12.4. The van der Waals surface area contributed by atoms with Gasteiger partial charge in [-0.05, 0) is 19.8 Å². The lowest BCUT2D eigenvalue weighted by atomic mass is 9.97. The van der Waals surface area contributed by atoms with Crippen molar-refractivity contribution in [1.82, 2.24) is 0 Å². The first-order valence-corrected chi connectivity index (χ1v) is 4.30. The summed E-state index contributed by atoms with van der Waals surface area (Å²) in [5.41, 5.74) is -1.71. The molecule has 0 aliphatic heterocycles. The van der Waals surface area contributed by atoms with Gasteiger partial charge in [-0.3, -0.25) is 4.79 Å². The van der Waals surface area contributed by atoms with Gasteiger partial charge in [-0.25, -0.2) is 9.18 Å². The molecule has 14 heavy (non-hydrogen) atoms. The monoisotopic (exact) mass is 202 g/mol. The summed E-state index contributed by atoms with van der Waals surface area (Å²) in [6.45, 7) is 1.68. The molecule has 0 aromatic heterocycles. The van der Waals surface area contributed by atoms with Crippen molar-refractivity contribution in [1.29, 1.82) is 0 Å². The fraction of sp³-hybridized carbons (Fsp3) is 0.556. The Hall–Kier alpha value is -1.39. The quantitative estimate of drug-likeness (QED) is 0.550.